The number of carbonyl (C=O) groups is 1. The molecule has 1 aliphatic heterocycles. The van der Waals surface area contributed by atoms with Crippen molar-refractivity contribution in [2.24, 2.45) is 0 Å². The van der Waals surface area contributed by atoms with Gasteiger partial charge in [-0.2, -0.15) is 0 Å². The van der Waals surface area contributed by atoms with Gasteiger partial charge >= 0.3 is 6.09 Å². The summed E-state index contributed by atoms with van der Waals surface area (Å²) >= 11 is 0. The van der Waals surface area contributed by atoms with Gasteiger partial charge in [0.25, 0.3) is 0 Å². The molecule has 0 unspecified atom stereocenters. The predicted molar refractivity (Wildman–Crippen MR) is 90.2 cm³/mol. The van der Waals surface area contributed by atoms with Crippen molar-refractivity contribution < 1.29 is 9.53 Å². The van der Waals surface area contributed by atoms with E-state index < -0.39 is 5.60 Å². The molecule has 0 spiro atoms. The van der Waals surface area contributed by atoms with Gasteiger partial charge in [0.15, 0.2) is 0 Å². The summed E-state index contributed by atoms with van der Waals surface area (Å²) in [5.41, 5.74) is 2.85. The van der Waals surface area contributed by atoms with Crippen molar-refractivity contribution >= 4 is 6.09 Å². The van der Waals surface area contributed by atoms with Gasteiger partial charge in [0.1, 0.15) is 5.60 Å². The first kappa shape index (κ1) is 16.9. The van der Waals surface area contributed by atoms with E-state index in [1.807, 2.05) is 25.7 Å². The van der Waals surface area contributed by atoms with Crippen molar-refractivity contribution in [1.29, 1.82) is 0 Å². The number of nitrogens with zero attached hydrogens (tertiary/aromatic N) is 1. The fourth-order valence-corrected chi connectivity index (χ4v) is 3.18. The molecule has 0 N–H and O–H groups in total. The fraction of sp³-hybridized carbons (Fsp3) is 0.632. The van der Waals surface area contributed by atoms with Gasteiger partial charge in [-0.1, -0.05) is 37.6 Å². The zero-order valence-corrected chi connectivity index (χ0v) is 15.2. The standard InChI is InChI=1S/C19H29NO2/c1-13-9-10-14-15(11-13)18(5,6)12-20(19(14,7)8)16(21)22-17(2,3)4/h9-11H,12H2,1-8H3. The molecule has 3 nitrogen and oxygen atoms in total. The van der Waals surface area contributed by atoms with Crippen molar-refractivity contribution in [2.75, 3.05) is 6.54 Å². The van der Waals surface area contributed by atoms with Gasteiger partial charge in [0.2, 0.25) is 0 Å². The fourth-order valence-electron chi connectivity index (χ4n) is 3.18. The lowest BCUT2D eigenvalue weighted by Gasteiger charge is -2.50. The Morgan fingerprint density at radius 2 is 1.73 bits per heavy atom. The largest absolute Gasteiger partial charge is 0.444 e. The predicted octanol–water partition coefficient (Wildman–Crippen LogP) is 4.76. The zero-order chi connectivity index (χ0) is 16.9. The minimum atomic E-state index is -0.481. The molecule has 0 aliphatic carbocycles. The van der Waals surface area contributed by atoms with Crippen LogP contribution in [0.3, 0.4) is 0 Å². The van der Waals surface area contributed by atoms with Crippen LogP contribution >= 0.6 is 0 Å². The third-order valence-corrected chi connectivity index (χ3v) is 4.41. The summed E-state index contributed by atoms with van der Waals surface area (Å²) in [5, 5.41) is 0. The average Bonchev–Trinajstić information content (AvgIpc) is 2.32. The van der Waals surface area contributed by atoms with E-state index in [0.29, 0.717) is 6.54 Å². The van der Waals surface area contributed by atoms with E-state index in [-0.39, 0.29) is 17.0 Å². The number of hydrogen-bond donors (Lipinski definition) is 0. The SMILES string of the molecule is Cc1ccc2c(c1)C(C)(C)CN(C(=O)OC(C)(C)C)C2(C)C. The van der Waals surface area contributed by atoms with E-state index in [0.717, 1.165) is 0 Å². The van der Waals surface area contributed by atoms with Crippen LogP contribution in [0.4, 0.5) is 4.79 Å². The van der Waals surface area contributed by atoms with Crippen LogP contribution < -0.4 is 0 Å². The Bertz CT molecular complexity index is 594. The molecule has 122 valence electrons. The molecular formula is C19H29NO2. The molecule has 1 aromatic carbocycles. The molecule has 22 heavy (non-hydrogen) atoms. The van der Waals surface area contributed by atoms with Crippen molar-refractivity contribution in [3.63, 3.8) is 0 Å². The van der Waals surface area contributed by atoms with Gasteiger partial charge in [0.05, 0.1) is 5.54 Å². The van der Waals surface area contributed by atoms with E-state index in [1.165, 1.54) is 16.7 Å². The first-order valence-electron chi connectivity index (χ1n) is 7.97. The molecule has 0 saturated carbocycles. The summed E-state index contributed by atoms with van der Waals surface area (Å²) < 4.78 is 5.63. The summed E-state index contributed by atoms with van der Waals surface area (Å²) in [6, 6.07) is 6.53. The number of benzene rings is 1. The number of rotatable bonds is 0. The highest BCUT2D eigenvalue weighted by atomic mass is 16.6. The normalized spacial score (nSPS) is 19.5. The molecule has 0 saturated heterocycles. The molecule has 1 heterocycles. The van der Waals surface area contributed by atoms with Crippen molar-refractivity contribution in [3.05, 3.63) is 34.9 Å². The third-order valence-electron chi connectivity index (χ3n) is 4.41. The second kappa shape index (κ2) is 5.00. The molecule has 0 radical (unpaired) electrons. The number of aryl methyl sites for hydroxylation is 1. The van der Waals surface area contributed by atoms with Crippen LogP contribution in [0, 0.1) is 6.92 Å². The summed E-state index contributed by atoms with van der Waals surface area (Å²) in [5.74, 6) is 0. The van der Waals surface area contributed by atoms with E-state index in [2.05, 4.69) is 52.8 Å². The van der Waals surface area contributed by atoms with Gasteiger partial charge in [-0.05, 0) is 52.7 Å². The third kappa shape index (κ3) is 2.99. The summed E-state index contributed by atoms with van der Waals surface area (Å²) in [6.07, 6.45) is -0.239. The van der Waals surface area contributed by atoms with Crippen LogP contribution in [-0.2, 0) is 15.7 Å². The minimum Gasteiger partial charge on any atom is -0.444 e. The maximum Gasteiger partial charge on any atom is 0.411 e. The van der Waals surface area contributed by atoms with Crippen LogP contribution in [0.5, 0.6) is 0 Å². The molecule has 3 heteroatoms. The number of fused-ring (bicyclic) bond motifs is 1. The van der Waals surface area contributed by atoms with E-state index in [4.69, 9.17) is 4.74 Å². The Kier molecular flexibility index (Phi) is 3.83. The Morgan fingerprint density at radius 1 is 1.14 bits per heavy atom. The van der Waals surface area contributed by atoms with E-state index in [1.54, 1.807) is 0 Å². The second-order valence-electron chi connectivity index (χ2n) is 8.56. The van der Waals surface area contributed by atoms with E-state index in [9.17, 15) is 4.79 Å². The van der Waals surface area contributed by atoms with Crippen LogP contribution in [-0.4, -0.2) is 23.1 Å². The number of hydrogen-bond acceptors (Lipinski definition) is 2. The van der Waals surface area contributed by atoms with Crippen molar-refractivity contribution in [2.45, 2.75) is 71.9 Å². The minimum absolute atomic E-state index is 0.0895. The molecule has 0 aromatic heterocycles. The van der Waals surface area contributed by atoms with Gasteiger partial charge in [-0.25, -0.2) is 4.79 Å². The first-order valence-corrected chi connectivity index (χ1v) is 7.97. The van der Waals surface area contributed by atoms with Gasteiger partial charge in [-0.3, -0.25) is 4.90 Å². The molecular weight excluding hydrogens is 274 g/mol. The Labute approximate surface area is 134 Å². The number of ether oxygens (including phenoxy) is 1. The zero-order valence-electron chi connectivity index (χ0n) is 15.2. The quantitative estimate of drug-likeness (QED) is 0.691. The smallest absolute Gasteiger partial charge is 0.411 e. The number of carbonyl (C=O) groups excluding carboxylic acids is 1. The van der Waals surface area contributed by atoms with Crippen LogP contribution in [0.1, 0.15) is 65.2 Å². The van der Waals surface area contributed by atoms with Crippen LogP contribution in [0.2, 0.25) is 0 Å². The molecule has 1 aliphatic rings. The summed E-state index contributed by atoms with van der Waals surface area (Å²) in [7, 11) is 0. The summed E-state index contributed by atoms with van der Waals surface area (Å²) in [6.45, 7) is 17.1. The average molecular weight is 303 g/mol. The molecule has 1 amide bonds. The Balaban J connectivity index is 2.49. The molecule has 2 rings (SSSR count). The lowest BCUT2D eigenvalue weighted by Crippen LogP contribution is -2.56. The highest BCUT2D eigenvalue weighted by molar-refractivity contribution is 5.71. The monoisotopic (exact) mass is 303 g/mol. The van der Waals surface area contributed by atoms with E-state index >= 15 is 0 Å². The second-order valence-corrected chi connectivity index (χ2v) is 8.56. The highest BCUT2D eigenvalue weighted by Gasteiger charge is 2.45. The maximum atomic E-state index is 12.7. The van der Waals surface area contributed by atoms with Crippen molar-refractivity contribution in [1.82, 2.24) is 4.90 Å². The maximum absolute atomic E-state index is 12.7. The molecule has 0 bridgehead atoms. The topological polar surface area (TPSA) is 29.5 Å². The lowest BCUT2D eigenvalue weighted by molar-refractivity contribution is -0.00856. The Hall–Kier alpha value is -1.51. The molecule has 0 fully saturated rings. The number of amides is 1. The first-order chi connectivity index (χ1) is 9.84. The van der Waals surface area contributed by atoms with Crippen LogP contribution in [0.25, 0.3) is 0 Å². The van der Waals surface area contributed by atoms with Gasteiger partial charge in [-0.15, -0.1) is 0 Å². The molecule has 0 atom stereocenters. The lowest BCUT2D eigenvalue weighted by atomic mass is 9.71. The van der Waals surface area contributed by atoms with Crippen molar-refractivity contribution in [3.8, 4) is 0 Å². The highest BCUT2D eigenvalue weighted by Crippen LogP contribution is 2.43. The molecule has 1 aromatic rings. The summed E-state index contributed by atoms with van der Waals surface area (Å²) in [4.78, 5) is 14.6. The van der Waals surface area contributed by atoms with Gasteiger partial charge < -0.3 is 4.74 Å². The van der Waals surface area contributed by atoms with Gasteiger partial charge in [0, 0.05) is 12.0 Å². The Morgan fingerprint density at radius 3 is 2.27 bits per heavy atom. The van der Waals surface area contributed by atoms with Crippen LogP contribution in [0.15, 0.2) is 18.2 Å².